The van der Waals surface area contributed by atoms with Crippen molar-refractivity contribution in [2.75, 3.05) is 26.3 Å². The number of nitrogens with zero attached hydrogens (tertiary/aromatic N) is 1. The summed E-state index contributed by atoms with van der Waals surface area (Å²) in [7, 11) is 0. The minimum atomic E-state index is -0.387. The number of piperazine rings is 1. The Balaban J connectivity index is 2.45. The van der Waals surface area contributed by atoms with Gasteiger partial charge in [0.1, 0.15) is 6.04 Å². The van der Waals surface area contributed by atoms with Gasteiger partial charge in [-0.25, -0.2) is 0 Å². The van der Waals surface area contributed by atoms with Crippen molar-refractivity contribution < 1.29 is 14.3 Å². The van der Waals surface area contributed by atoms with E-state index in [9.17, 15) is 9.59 Å². The van der Waals surface area contributed by atoms with Crippen molar-refractivity contribution in [2.24, 2.45) is 5.92 Å². The third-order valence-corrected chi connectivity index (χ3v) is 2.84. The van der Waals surface area contributed by atoms with Crippen LogP contribution in [0, 0.1) is 5.92 Å². The van der Waals surface area contributed by atoms with E-state index in [0.717, 1.165) is 5.57 Å². The molecule has 0 aliphatic carbocycles. The highest BCUT2D eigenvalue weighted by atomic mass is 16.5. The summed E-state index contributed by atoms with van der Waals surface area (Å²) in [4.78, 5) is 25.3. The Morgan fingerprint density at radius 2 is 2.21 bits per heavy atom. The minimum Gasteiger partial charge on any atom is -0.375 e. The molecule has 0 aromatic heterocycles. The molecule has 19 heavy (non-hydrogen) atoms. The molecule has 5 nitrogen and oxygen atoms in total. The van der Waals surface area contributed by atoms with Gasteiger partial charge in [-0.1, -0.05) is 26.0 Å². The lowest BCUT2D eigenvalue weighted by molar-refractivity contribution is -0.145. The second-order valence-corrected chi connectivity index (χ2v) is 5.52. The highest BCUT2D eigenvalue weighted by Gasteiger charge is 2.32. The van der Waals surface area contributed by atoms with Gasteiger partial charge in [-0.2, -0.15) is 0 Å². The lowest BCUT2D eigenvalue weighted by atomic mass is 10.0. The molecule has 108 valence electrons. The van der Waals surface area contributed by atoms with Crippen LogP contribution in [0.1, 0.15) is 27.2 Å². The lowest BCUT2D eigenvalue weighted by Crippen LogP contribution is -2.58. The molecule has 0 radical (unpaired) electrons. The molecule has 0 bridgehead atoms. The van der Waals surface area contributed by atoms with Crippen LogP contribution < -0.4 is 5.32 Å². The van der Waals surface area contributed by atoms with E-state index in [1.165, 1.54) is 0 Å². The molecule has 1 aliphatic heterocycles. The first kappa shape index (κ1) is 15.7. The molecule has 1 saturated heterocycles. The largest absolute Gasteiger partial charge is 0.375 e. The molecule has 1 rings (SSSR count). The normalized spacial score (nSPS) is 19.8. The van der Waals surface area contributed by atoms with Gasteiger partial charge in [0.25, 0.3) is 0 Å². The summed E-state index contributed by atoms with van der Waals surface area (Å²) in [5, 5.41) is 2.75. The second kappa shape index (κ2) is 7.28. The Kier molecular flexibility index (Phi) is 6.02. The number of amides is 2. The molecule has 1 heterocycles. The standard InChI is InChI=1S/C14H24N2O3/c1-10(2)7-12-14(18)16(8-13(17)15-12)5-6-19-9-11(3)4/h10,12H,3,5-9H2,1-2,4H3,(H,15,17). The van der Waals surface area contributed by atoms with Crippen molar-refractivity contribution in [2.45, 2.75) is 33.2 Å². The predicted molar refractivity (Wildman–Crippen MR) is 73.6 cm³/mol. The fraction of sp³-hybridized carbons (Fsp3) is 0.714. The van der Waals surface area contributed by atoms with Gasteiger partial charge in [0.15, 0.2) is 0 Å². The number of rotatable bonds is 7. The number of hydrogen-bond acceptors (Lipinski definition) is 3. The molecule has 2 amide bonds. The summed E-state index contributed by atoms with van der Waals surface area (Å²) in [6.07, 6.45) is 0.674. The topological polar surface area (TPSA) is 58.6 Å². The van der Waals surface area contributed by atoms with Gasteiger partial charge in [-0.3, -0.25) is 9.59 Å². The number of carbonyl (C=O) groups excluding carboxylic acids is 2. The fourth-order valence-corrected chi connectivity index (χ4v) is 2.01. The van der Waals surface area contributed by atoms with Crippen LogP contribution in [0.5, 0.6) is 0 Å². The van der Waals surface area contributed by atoms with E-state index < -0.39 is 0 Å². The van der Waals surface area contributed by atoms with Gasteiger partial charge in [0, 0.05) is 6.54 Å². The summed E-state index contributed by atoms with van der Waals surface area (Å²) in [6, 6.07) is -0.387. The van der Waals surface area contributed by atoms with Crippen molar-refractivity contribution in [1.29, 1.82) is 0 Å². The molecule has 0 saturated carbocycles. The van der Waals surface area contributed by atoms with Crippen molar-refractivity contribution >= 4 is 11.8 Å². The first-order valence-corrected chi connectivity index (χ1v) is 6.70. The first-order valence-electron chi connectivity index (χ1n) is 6.70. The summed E-state index contributed by atoms with van der Waals surface area (Å²) < 4.78 is 5.37. The Morgan fingerprint density at radius 1 is 1.53 bits per heavy atom. The molecular formula is C14H24N2O3. The third kappa shape index (κ3) is 5.42. The van der Waals surface area contributed by atoms with E-state index in [1.807, 2.05) is 20.8 Å². The quantitative estimate of drug-likeness (QED) is 0.552. The van der Waals surface area contributed by atoms with E-state index in [-0.39, 0.29) is 24.4 Å². The molecule has 1 unspecified atom stereocenters. The highest BCUT2D eigenvalue weighted by Crippen LogP contribution is 2.11. The number of hydrogen-bond donors (Lipinski definition) is 1. The summed E-state index contributed by atoms with van der Waals surface area (Å²) >= 11 is 0. The molecule has 0 aromatic rings. The zero-order chi connectivity index (χ0) is 14.4. The first-order chi connectivity index (χ1) is 8.90. The van der Waals surface area contributed by atoms with Gasteiger partial charge in [-0.15, -0.1) is 0 Å². The summed E-state index contributed by atoms with van der Waals surface area (Å²) in [5.74, 6) is 0.270. The smallest absolute Gasteiger partial charge is 0.245 e. The van der Waals surface area contributed by atoms with Gasteiger partial charge in [0.2, 0.25) is 11.8 Å². The molecule has 1 atom stereocenters. The average Bonchev–Trinajstić information content (AvgIpc) is 2.29. The Morgan fingerprint density at radius 3 is 2.79 bits per heavy atom. The fourth-order valence-electron chi connectivity index (χ4n) is 2.01. The molecule has 0 spiro atoms. The van der Waals surface area contributed by atoms with Gasteiger partial charge >= 0.3 is 0 Å². The number of nitrogens with one attached hydrogen (secondary N) is 1. The molecule has 0 aromatic carbocycles. The van der Waals surface area contributed by atoms with E-state index >= 15 is 0 Å². The van der Waals surface area contributed by atoms with E-state index in [1.54, 1.807) is 4.90 Å². The van der Waals surface area contributed by atoms with Gasteiger partial charge in [-0.05, 0) is 19.3 Å². The van der Waals surface area contributed by atoms with Crippen LogP contribution in [0.2, 0.25) is 0 Å². The van der Waals surface area contributed by atoms with E-state index in [2.05, 4.69) is 11.9 Å². The van der Waals surface area contributed by atoms with E-state index in [4.69, 9.17) is 4.74 Å². The highest BCUT2D eigenvalue weighted by molar-refractivity contribution is 5.94. The molecule has 1 fully saturated rings. The molecule has 1 aliphatic rings. The van der Waals surface area contributed by atoms with Crippen LogP contribution >= 0.6 is 0 Å². The van der Waals surface area contributed by atoms with Crippen LogP contribution in [-0.4, -0.2) is 49.1 Å². The van der Waals surface area contributed by atoms with Crippen LogP contribution in [0.4, 0.5) is 0 Å². The Labute approximate surface area is 115 Å². The minimum absolute atomic E-state index is 0.00720. The predicted octanol–water partition coefficient (Wildman–Crippen LogP) is 0.952. The average molecular weight is 268 g/mol. The van der Waals surface area contributed by atoms with Crippen LogP contribution in [0.25, 0.3) is 0 Å². The zero-order valence-electron chi connectivity index (χ0n) is 12.1. The number of carbonyl (C=O) groups is 2. The maximum Gasteiger partial charge on any atom is 0.245 e. The van der Waals surface area contributed by atoms with Gasteiger partial charge in [0.05, 0.1) is 19.8 Å². The van der Waals surface area contributed by atoms with E-state index in [0.29, 0.717) is 32.1 Å². The monoisotopic (exact) mass is 268 g/mol. The van der Waals surface area contributed by atoms with Gasteiger partial charge < -0.3 is 15.0 Å². The Hall–Kier alpha value is -1.36. The second-order valence-electron chi connectivity index (χ2n) is 5.52. The van der Waals surface area contributed by atoms with Crippen molar-refractivity contribution in [1.82, 2.24) is 10.2 Å². The molecule has 1 N–H and O–H groups in total. The SMILES string of the molecule is C=C(C)COCCN1CC(=O)NC(CC(C)C)C1=O. The summed E-state index contributed by atoms with van der Waals surface area (Å²) in [6.45, 7) is 11.2. The number of ether oxygens (including phenoxy) is 1. The van der Waals surface area contributed by atoms with Crippen LogP contribution in [0.3, 0.4) is 0 Å². The zero-order valence-corrected chi connectivity index (χ0v) is 12.1. The van der Waals surface area contributed by atoms with Crippen molar-refractivity contribution in [3.63, 3.8) is 0 Å². The molecule has 5 heteroatoms. The molecular weight excluding hydrogens is 244 g/mol. The maximum absolute atomic E-state index is 12.2. The van der Waals surface area contributed by atoms with Crippen LogP contribution in [0.15, 0.2) is 12.2 Å². The van der Waals surface area contributed by atoms with Crippen molar-refractivity contribution in [3.8, 4) is 0 Å². The lowest BCUT2D eigenvalue weighted by Gasteiger charge is -2.33. The Bertz CT molecular complexity index is 353. The van der Waals surface area contributed by atoms with Crippen molar-refractivity contribution in [3.05, 3.63) is 12.2 Å². The summed E-state index contributed by atoms with van der Waals surface area (Å²) in [5.41, 5.74) is 0.945. The van der Waals surface area contributed by atoms with Crippen LogP contribution in [-0.2, 0) is 14.3 Å². The maximum atomic E-state index is 12.2. The third-order valence-electron chi connectivity index (χ3n) is 2.84.